The number of rotatable bonds is 6. The summed E-state index contributed by atoms with van der Waals surface area (Å²) in [4.78, 5) is 6.52. The molecule has 2 heterocycles. The SMILES string of the molecule is Cc1ccc(-c2noc(CN(C)Cc3c(C)nn(-c4ccccc4)c3C)n2)cc1F. The van der Waals surface area contributed by atoms with Gasteiger partial charge in [0, 0.05) is 23.4 Å². The number of aryl methyl sites for hydroxylation is 2. The Morgan fingerprint density at radius 2 is 1.80 bits per heavy atom. The molecule has 0 fully saturated rings. The number of hydrogen-bond acceptors (Lipinski definition) is 5. The highest BCUT2D eigenvalue weighted by atomic mass is 19.1. The second-order valence-electron chi connectivity index (χ2n) is 7.54. The van der Waals surface area contributed by atoms with E-state index in [1.807, 2.05) is 49.0 Å². The molecule has 0 aliphatic heterocycles. The molecular weight excluding hydrogens is 381 g/mol. The van der Waals surface area contributed by atoms with E-state index in [1.54, 1.807) is 19.1 Å². The normalized spacial score (nSPS) is 11.4. The van der Waals surface area contributed by atoms with E-state index >= 15 is 0 Å². The van der Waals surface area contributed by atoms with Crippen molar-refractivity contribution < 1.29 is 8.91 Å². The molecule has 2 aromatic carbocycles. The first-order valence-electron chi connectivity index (χ1n) is 9.80. The summed E-state index contributed by atoms with van der Waals surface area (Å²) in [6, 6.07) is 15.0. The maximum Gasteiger partial charge on any atom is 0.241 e. The summed E-state index contributed by atoms with van der Waals surface area (Å²) >= 11 is 0. The third-order valence-electron chi connectivity index (χ3n) is 5.17. The molecule has 0 unspecified atom stereocenters. The van der Waals surface area contributed by atoms with Crippen molar-refractivity contribution in [3.8, 4) is 17.1 Å². The van der Waals surface area contributed by atoms with Crippen LogP contribution in [0.4, 0.5) is 4.39 Å². The van der Waals surface area contributed by atoms with Crippen molar-refractivity contribution in [3.63, 3.8) is 0 Å². The maximum atomic E-state index is 13.8. The van der Waals surface area contributed by atoms with Crippen LogP contribution in [0.2, 0.25) is 0 Å². The molecule has 0 atom stereocenters. The summed E-state index contributed by atoms with van der Waals surface area (Å²) in [6.45, 7) is 7.00. The number of benzene rings is 2. The molecule has 4 aromatic rings. The molecule has 0 aliphatic carbocycles. The van der Waals surface area contributed by atoms with E-state index in [-0.39, 0.29) is 5.82 Å². The summed E-state index contributed by atoms with van der Waals surface area (Å²) in [5.74, 6) is 0.596. The molecule has 0 amide bonds. The number of aromatic nitrogens is 4. The van der Waals surface area contributed by atoms with Gasteiger partial charge in [-0.3, -0.25) is 4.90 Å². The fourth-order valence-corrected chi connectivity index (χ4v) is 3.45. The Labute approximate surface area is 175 Å². The van der Waals surface area contributed by atoms with Gasteiger partial charge < -0.3 is 4.52 Å². The van der Waals surface area contributed by atoms with Gasteiger partial charge in [0.25, 0.3) is 0 Å². The highest BCUT2D eigenvalue weighted by Crippen LogP contribution is 2.21. The van der Waals surface area contributed by atoms with Gasteiger partial charge in [-0.05, 0) is 51.6 Å². The third-order valence-corrected chi connectivity index (χ3v) is 5.17. The van der Waals surface area contributed by atoms with Crippen LogP contribution in [0.15, 0.2) is 53.1 Å². The van der Waals surface area contributed by atoms with Gasteiger partial charge in [-0.2, -0.15) is 10.1 Å². The molecule has 0 bridgehead atoms. The Morgan fingerprint density at radius 3 is 2.53 bits per heavy atom. The maximum absolute atomic E-state index is 13.8. The first kappa shape index (κ1) is 20.0. The lowest BCUT2D eigenvalue weighted by Gasteiger charge is -2.14. The Morgan fingerprint density at radius 1 is 1.03 bits per heavy atom. The summed E-state index contributed by atoms with van der Waals surface area (Å²) in [6.07, 6.45) is 0. The number of nitrogens with zero attached hydrogens (tertiary/aromatic N) is 5. The monoisotopic (exact) mass is 405 g/mol. The fourth-order valence-electron chi connectivity index (χ4n) is 3.45. The highest BCUT2D eigenvalue weighted by Gasteiger charge is 2.17. The lowest BCUT2D eigenvalue weighted by molar-refractivity contribution is 0.260. The lowest BCUT2D eigenvalue weighted by Crippen LogP contribution is -2.18. The zero-order chi connectivity index (χ0) is 21.3. The minimum atomic E-state index is -0.280. The minimum Gasteiger partial charge on any atom is -0.338 e. The summed E-state index contributed by atoms with van der Waals surface area (Å²) in [7, 11) is 1.99. The largest absolute Gasteiger partial charge is 0.338 e. The Bertz CT molecular complexity index is 1170. The molecule has 0 spiro atoms. The third kappa shape index (κ3) is 4.02. The summed E-state index contributed by atoms with van der Waals surface area (Å²) in [5.41, 5.74) is 5.49. The van der Waals surface area contributed by atoms with E-state index < -0.39 is 0 Å². The highest BCUT2D eigenvalue weighted by molar-refractivity contribution is 5.54. The molecule has 0 N–H and O–H groups in total. The molecule has 30 heavy (non-hydrogen) atoms. The molecule has 0 aliphatic rings. The van der Waals surface area contributed by atoms with Crippen LogP contribution in [0, 0.1) is 26.6 Å². The number of para-hydroxylation sites is 1. The molecular formula is C23H24FN5O. The summed E-state index contributed by atoms with van der Waals surface area (Å²) in [5, 5.41) is 8.70. The molecule has 6 nitrogen and oxygen atoms in total. The van der Waals surface area contributed by atoms with Gasteiger partial charge in [-0.15, -0.1) is 0 Å². The quantitative estimate of drug-likeness (QED) is 0.468. The zero-order valence-corrected chi connectivity index (χ0v) is 17.6. The van der Waals surface area contributed by atoms with Crippen LogP contribution in [-0.2, 0) is 13.1 Å². The topological polar surface area (TPSA) is 60.0 Å². The van der Waals surface area contributed by atoms with Crippen LogP contribution in [0.25, 0.3) is 17.1 Å². The first-order chi connectivity index (χ1) is 14.4. The molecule has 2 aromatic heterocycles. The van der Waals surface area contributed by atoms with E-state index in [0.717, 1.165) is 17.1 Å². The molecule has 4 rings (SSSR count). The summed E-state index contributed by atoms with van der Waals surface area (Å²) < 4.78 is 21.2. The van der Waals surface area contributed by atoms with Gasteiger partial charge in [0.2, 0.25) is 11.7 Å². The Hall–Kier alpha value is -3.32. The molecule has 0 radical (unpaired) electrons. The van der Waals surface area contributed by atoms with Crippen LogP contribution in [-0.4, -0.2) is 31.9 Å². The minimum absolute atomic E-state index is 0.280. The van der Waals surface area contributed by atoms with Crippen molar-refractivity contribution in [2.45, 2.75) is 33.9 Å². The smallest absolute Gasteiger partial charge is 0.241 e. The molecule has 154 valence electrons. The second-order valence-corrected chi connectivity index (χ2v) is 7.54. The van der Waals surface area contributed by atoms with Gasteiger partial charge in [0.1, 0.15) is 5.82 Å². The van der Waals surface area contributed by atoms with Crippen molar-refractivity contribution in [1.82, 2.24) is 24.8 Å². The van der Waals surface area contributed by atoms with E-state index in [1.165, 1.54) is 11.6 Å². The fraction of sp³-hybridized carbons (Fsp3) is 0.261. The van der Waals surface area contributed by atoms with E-state index in [9.17, 15) is 4.39 Å². The van der Waals surface area contributed by atoms with Gasteiger partial charge in [0.05, 0.1) is 17.9 Å². The number of hydrogen-bond donors (Lipinski definition) is 0. The van der Waals surface area contributed by atoms with Gasteiger partial charge in [-0.1, -0.05) is 35.5 Å². The van der Waals surface area contributed by atoms with Gasteiger partial charge in [0.15, 0.2) is 0 Å². The van der Waals surface area contributed by atoms with Gasteiger partial charge in [-0.25, -0.2) is 9.07 Å². The average Bonchev–Trinajstić information content (AvgIpc) is 3.30. The first-order valence-corrected chi connectivity index (χ1v) is 9.80. The molecule has 0 saturated heterocycles. The van der Waals surface area contributed by atoms with Crippen LogP contribution in [0.1, 0.15) is 28.4 Å². The van der Waals surface area contributed by atoms with E-state index in [4.69, 9.17) is 9.62 Å². The van der Waals surface area contributed by atoms with E-state index in [0.29, 0.717) is 35.9 Å². The van der Waals surface area contributed by atoms with Crippen LogP contribution in [0.3, 0.4) is 0 Å². The van der Waals surface area contributed by atoms with E-state index in [2.05, 4.69) is 22.0 Å². The van der Waals surface area contributed by atoms with Crippen LogP contribution >= 0.6 is 0 Å². The Kier molecular flexibility index (Phi) is 5.46. The zero-order valence-electron chi connectivity index (χ0n) is 17.6. The Balaban J connectivity index is 1.48. The van der Waals surface area contributed by atoms with Crippen LogP contribution < -0.4 is 0 Å². The van der Waals surface area contributed by atoms with Crippen molar-refractivity contribution >= 4 is 0 Å². The standard InChI is InChI=1S/C23H24FN5O/c1-15-10-11-18(12-21(15)24)23-25-22(30-27-23)14-28(4)13-20-16(2)26-29(17(20)3)19-8-6-5-7-9-19/h5-12H,13-14H2,1-4H3. The second kappa shape index (κ2) is 8.20. The van der Waals surface area contributed by atoms with Crippen molar-refractivity contribution in [2.75, 3.05) is 7.05 Å². The van der Waals surface area contributed by atoms with Crippen molar-refractivity contribution in [1.29, 1.82) is 0 Å². The van der Waals surface area contributed by atoms with Crippen molar-refractivity contribution in [2.24, 2.45) is 0 Å². The van der Waals surface area contributed by atoms with Crippen LogP contribution in [0.5, 0.6) is 0 Å². The molecule has 7 heteroatoms. The predicted octanol–water partition coefficient (Wildman–Crippen LogP) is 4.62. The van der Waals surface area contributed by atoms with Gasteiger partial charge >= 0.3 is 0 Å². The predicted molar refractivity (Wildman–Crippen MR) is 113 cm³/mol. The average molecular weight is 405 g/mol. The lowest BCUT2D eigenvalue weighted by atomic mass is 10.1. The molecule has 0 saturated carbocycles. The number of halogens is 1. The van der Waals surface area contributed by atoms with Crippen molar-refractivity contribution in [3.05, 3.63) is 82.8 Å².